The van der Waals surface area contributed by atoms with Gasteiger partial charge in [0.05, 0.1) is 6.10 Å². The van der Waals surface area contributed by atoms with Crippen LogP contribution in [0.5, 0.6) is 0 Å². The van der Waals surface area contributed by atoms with E-state index in [9.17, 15) is 14.7 Å². The van der Waals surface area contributed by atoms with E-state index in [0.29, 0.717) is 12.0 Å². The molecule has 2 atom stereocenters. The van der Waals surface area contributed by atoms with Crippen LogP contribution >= 0.6 is 0 Å². The summed E-state index contributed by atoms with van der Waals surface area (Å²) in [5, 5.41) is 12.3. The Hall–Kier alpha value is -2.73. The smallest absolute Gasteiger partial charge is 0.251 e. The molecule has 1 aromatic carbocycles. The van der Waals surface area contributed by atoms with Gasteiger partial charge in [0, 0.05) is 38.0 Å². The summed E-state index contributed by atoms with van der Waals surface area (Å²) in [5.74, 6) is -0.567. The third-order valence-corrected chi connectivity index (χ3v) is 3.72. The number of benzene rings is 1. The van der Waals surface area contributed by atoms with Crippen molar-refractivity contribution in [3.05, 3.63) is 66.0 Å². The summed E-state index contributed by atoms with van der Waals surface area (Å²) in [6, 6.07) is 11.7. The molecule has 2 unspecified atom stereocenters. The highest BCUT2D eigenvalue weighted by Crippen LogP contribution is 2.07. The summed E-state index contributed by atoms with van der Waals surface area (Å²) >= 11 is 0. The average Bonchev–Trinajstić information content (AvgIpc) is 2.61. The number of hydrogen-bond donors (Lipinski definition) is 2. The maximum Gasteiger partial charge on any atom is 0.251 e. The van der Waals surface area contributed by atoms with Gasteiger partial charge in [-0.1, -0.05) is 24.3 Å². The molecule has 2 aromatic rings. The van der Waals surface area contributed by atoms with Crippen LogP contribution in [0.3, 0.4) is 0 Å². The Morgan fingerprint density at radius 3 is 2.52 bits per heavy atom. The fourth-order valence-electron chi connectivity index (χ4n) is 2.54. The number of pyridine rings is 1. The Labute approximate surface area is 147 Å². The number of likely N-dealkylation sites (N-methyl/N-ethyl adjacent to an activating group) is 1. The topological polar surface area (TPSA) is 82.5 Å². The summed E-state index contributed by atoms with van der Waals surface area (Å²) in [7, 11) is 1.61. The minimum atomic E-state index is -0.736. The van der Waals surface area contributed by atoms with Crippen molar-refractivity contribution in [3.8, 4) is 0 Å². The maximum absolute atomic E-state index is 12.7. The van der Waals surface area contributed by atoms with Crippen LogP contribution in [-0.2, 0) is 11.2 Å². The van der Waals surface area contributed by atoms with Gasteiger partial charge < -0.3 is 15.3 Å². The molecule has 0 fully saturated rings. The Morgan fingerprint density at radius 1 is 1.20 bits per heavy atom. The quantitative estimate of drug-likeness (QED) is 0.794. The summed E-state index contributed by atoms with van der Waals surface area (Å²) in [4.78, 5) is 30.7. The first kappa shape index (κ1) is 18.6. The Kier molecular flexibility index (Phi) is 6.65. The largest absolute Gasteiger partial charge is 0.392 e. The van der Waals surface area contributed by atoms with Gasteiger partial charge >= 0.3 is 0 Å². The lowest BCUT2D eigenvalue weighted by Crippen LogP contribution is -2.49. The molecule has 6 heteroatoms. The number of amides is 2. The summed E-state index contributed by atoms with van der Waals surface area (Å²) in [6.07, 6.45) is 3.01. The van der Waals surface area contributed by atoms with Crippen molar-refractivity contribution in [2.45, 2.75) is 25.5 Å². The lowest BCUT2D eigenvalue weighted by Gasteiger charge is -2.25. The van der Waals surface area contributed by atoms with Crippen molar-refractivity contribution >= 4 is 11.8 Å². The first-order chi connectivity index (χ1) is 12.0. The predicted molar refractivity (Wildman–Crippen MR) is 95.0 cm³/mol. The van der Waals surface area contributed by atoms with Crippen molar-refractivity contribution in [2.75, 3.05) is 13.6 Å². The highest BCUT2D eigenvalue weighted by Gasteiger charge is 2.25. The van der Waals surface area contributed by atoms with Crippen LogP contribution in [-0.4, -0.2) is 52.5 Å². The minimum absolute atomic E-state index is 0.198. The van der Waals surface area contributed by atoms with Crippen molar-refractivity contribution in [2.24, 2.45) is 0 Å². The molecular formula is C19H23N3O3. The molecular weight excluding hydrogens is 318 g/mol. The van der Waals surface area contributed by atoms with Gasteiger partial charge in [0.15, 0.2) is 0 Å². The Morgan fingerprint density at radius 2 is 1.92 bits per heavy atom. The average molecular weight is 341 g/mol. The van der Waals surface area contributed by atoms with Crippen molar-refractivity contribution < 1.29 is 14.7 Å². The number of carbonyl (C=O) groups is 2. The summed E-state index contributed by atoms with van der Waals surface area (Å²) < 4.78 is 0. The van der Waals surface area contributed by atoms with E-state index in [2.05, 4.69) is 10.3 Å². The molecule has 1 aromatic heterocycles. The van der Waals surface area contributed by atoms with Gasteiger partial charge in [-0.15, -0.1) is 0 Å². The van der Waals surface area contributed by atoms with Gasteiger partial charge in [-0.05, 0) is 30.7 Å². The van der Waals surface area contributed by atoms with Gasteiger partial charge in [0.1, 0.15) is 6.04 Å². The van der Waals surface area contributed by atoms with E-state index in [0.717, 1.165) is 5.56 Å². The molecule has 0 aliphatic rings. The van der Waals surface area contributed by atoms with Gasteiger partial charge in [-0.3, -0.25) is 14.6 Å². The highest BCUT2D eigenvalue weighted by molar-refractivity contribution is 5.97. The SMILES string of the molecule is CC(O)CN(C)C(=O)C(Cc1cccnc1)NC(=O)c1ccccc1. The number of aliphatic hydroxyl groups is 1. The molecule has 25 heavy (non-hydrogen) atoms. The van der Waals surface area contributed by atoms with E-state index in [-0.39, 0.29) is 18.4 Å². The Balaban J connectivity index is 2.16. The lowest BCUT2D eigenvalue weighted by molar-refractivity contribution is -0.133. The first-order valence-corrected chi connectivity index (χ1v) is 8.15. The van der Waals surface area contributed by atoms with E-state index in [1.54, 1.807) is 56.7 Å². The van der Waals surface area contributed by atoms with Gasteiger partial charge in [0.2, 0.25) is 5.91 Å². The normalized spacial score (nSPS) is 12.9. The molecule has 0 aliphatic heterocycles. The molecule has 0 saturated carbocycles. The van der Waals surface area contributed by atoms with Crippen LogP contribution in [0.4, 0.5) is 0 Å². The molecule has 0 saturated heterocycles. The third-order valence-electron chi connectivity index (χ3n) is 3.72. The third kappa shape index (κ3) is 5.69. The molecule has 1 heterocycles. The van der Waals surface area contributed by atoms with E-state index in [4.69, 9.17) is 0 Å². The number of nitrogens with zero attached hydrogens (tertiary/aromatic N) is 2. The van der Waals surface area contributed by atoms with Crippen molar-refractivity contribution in [1.29, 1.82) is 0 Å². The zero-order valence-corrected chi connectivity index (χ0v) is 14.4. The molecule has 0 spiro atoms. The second kappa shape index (κ2) is 8.94. The molecule has 2 rings (SSSR count). The second-order valence-corrected chi connectivity index (χ2v) is 6.03. The number of nitrogens with one attached hydrogen (secondary N) is 1. The van der Waals surface area contributed by atoms with Crippen LogP contribution in [0.25, 0.3) is 0 Å². The fourth-order valence-corrected chi connectivity index (χ4v) is 2.54. The van der Waals surface area contributed by atoms with E-state index < -0.39 is 12.1 Å². The molecule has 0 bridgehead atoms. The molecule has 6 nitrogen and oxygen atoms in total. The molecule has 2 N–H and O–H groups in total. The Bertz CT molecular complexity index is 690. The fraction of sp³-hybridized carbons (Fsp3) is 0.316. The van der Waals surface area contributed by atoms with E-state index in [1.165, 1.54) is 4.90 Å². The molecule has 0 radical (unpaired) electrons. The number of aliphatic hydroxyl groups excluding tert-OH is 1. The zero-order chi connectivity index (χ0) is 18.2. The first-order valence-electron chi connectivity index (χ1n) is 8.15. The van der Waals surface area contributed by atoms with Crippen molar-refractivity contribution in [1.82, 2.24) is 15.2 Å². The van der Waals surface area contributed by atoms with E-state index >= 15 is 0 Å². The van der Waals surface area contributed by atoms with Crippen LogP contribution in [0.15, 0.2) is 54.9 Å². The number of hydrogen-bond acceptors (Lipinski definition) is 4. The predicted octanol–water partition coefficient (Wildman–Crippen LogP) is 1.26. The maximum atomic E-state index is 12.7. The zero-order valence-electron chi connectivity index (χ0n) is 14.4. The molecule has 0 aliphatic carbocycles. The summed E-state index contributed by atoms with van der Waals surface area (Å²) in [6.45, 7) is 1.81. The van der Waals surface area contributed by atoms with Gasteiger partial charge in [0.25, 0.3) is 5.91 Å². The number of aromatic nitrogens is 1. The molecule has 132 valence electrons. The lowest BCUT2D eigenvalue weighted by atomic mass is 10.1. The minimum Gasteiger partial charge on any atom is -0.392 e. The van der Waals surface area contributed by atoms with Crippen molar-refractivity contribution in [3.63, 3.8) is 0 Å². The highest BCUT2D eigenvalue weighted by atomic mass is 16.3. The van der Waals surface area contributed by atoms with Gasteiger partial charge in [-0.2, -0.15) is 0 Å². The monoisotopic (exact) mass is 341 g/mol. The number of rotatable bonds is 7. The van der Waals surface area contributed by atoms with Crippen LogP contribution in [0.2, 0.25) is 0 Å². The molecule has 2 amide bonds. The van der Waals surface area contributed by atoms with Crippen LogP contribution in [0, 0.1) is 0 Å². The standard InChI is InChI=1S/C19H23N3O3/c1-14(23)13-22(2)19(25)17(11-15-7-6-10-20-12-15)21-18(24)16-8-4-3-5-9-16/h3-10,12,14,17,23H,11,13H2,1-2H3,(H,21,24). The summed E-state index contributed by atoms with van der Waals surface area (Å²) in [5.41, 5.74) is 1.34. The van der Waals surface area contributed by atoms with E-state index in [1.807, 2.05) is 12.1 Å². The van der Waals surface area contributed by atoms with Crippen LogP contribution in [0.1, 0.15) is 22.8 Å². The van der Waals surface area contributed by atoms with Crippen LogP contribution < -0.4 is 5.32 Å². The number of carbonyl (C=O) groups excluding carboxylic acids is 2. The second-order valence-electron chi connectivity index (χ2n) is 6.03. The van der Waals surface area contributed by atoms with Gasteiger partial charge in [-0.25, -0.2) is 0 Å².